The lowest BCUT2D eigenvalue weighted by Crippen LogP contribution is -2.47. The molecule has 12 heavy (non-hydrogen) atoms. The summed E-state index contributed by atoms with van der Waals surface area (Å²) in [4.78, 5) is 4.11. The average Bonchev–Trinajstić information content (AvgIpc) is 2.05. The second kappa shape index (κ2) is 4.72. The zero-order chi connectivity index (χ0) is 8.97. The van der Waals surface area contributed by atoms with Gasteiger partial charge in [0.15, 0.2) is 0 Å². The molecule has 0 radical (unpaired) electrons. The van der Waals surface area contributed by atoms with Gasteiger partial charge in [-0.25, -0.2) is 8.78 Å². The summed E-state index contributed by atoms with van der Waals surface area (Å²) in [5, 5.41) is 0. The minimum Gasteiger partial charge on any atom is -0.301 e. The Bertz CT molecular complexity index is 122. The van der Waals surface area contributed by atoms with Crippen LogP contribution in [0.1, 0.15) is 6.92 Å². The second-order valence-electron chi connectivity index (χ2n) is 3.13. The van der Waals surface area contributed by atoms with Crippen molar-refractivity contribution in [2.75, 3.05) is 39.3 Å². The summed E-state index contributed by atoms with van der Waals surface area (Å²) in [6.45, 7) is 6.52. The van der Waals surface area contributed by atoms with Crippen molar-refractivity contribution >= 4 is 0 Å². The fourth-order valence-corrected chi connectivity index (χ4v) is 1.48. The zero-order valence-corrected chi connectivity index (χ0v) is 7.47. The van der Waals surface area contributed by atoms with Crippen LogP contribution < -0.4 is 0 Å². The quantitative estimate of drug-likeness (QED) is 0.633. The van der Waals surface area contributed by atoms with Gasteiger partial charge in [-0.05, 0) is 6.54 Å². The number of nitrogens with zero attached hydrogens (tertiary/aromatic N) is 2. The molecule has 1 saturated heterocycles. The predicted molar refractivity (Wildman–Crippen MR) is 44.6 cm³/mol. The second-order valence-corrected chi connectivity index (χ2v) is 3.13. The molecule has 0 aliphatic carbocycles. The van der Waals surface area contributed by atoms with E-state index in [0.29, 0.717) is 0 Å². The van der Waals surface area contributed by atoms with Crippen molar-refractivity contribution in [3.8, 4) is 0 Å². The van der Waals surface area contributed by atoms with E-state index in [9.17, 15) is 8.78 Å². The van der Waals surface area contributed by atoms with Gasteiger partial charge in [-0.1, -0.05) is 6.92 Å². The predicted octanol–water partition coefficient (Wildman–Crippen LogP) is 0.889. The molecular formula is C8H16F2N2. The highest BCUT2D eigenvalue weighted by molar-refractivity contribution is 4.70. The minimum absolute atomic E-state index is 0.0580. The van der Waals surface area contributed by atoms with Crippen LogP contribution in [-0.4, -0.2) is 55.5 Å². The van der Waals surface area contributed by atoms with E-state index in [0.717, 1.165) is 32.7 Å². The van der Waals surface area contributed by atoms with E-state index in [1.54, 1.807) is 0 Å². The van der Waals surface area contributed by atoms with Crippen LogP contribution in [0, 0.1) is 0 Å². The number of rotatable bonds is 3. The van der Waals surface area contributed by atoms with Crippen LogP contribution >= 0.6 is 0 Å². The molecule has 0 atom stereocenters. The summed E-state index contributed by atoms with van der Waals surface area (Å²) in [6, 6.07) is 0. The van der Waals surface area contributed by atoms with Crippen molar-refractivity contribution in [1.29, 1.82) is 0 Å². The Hall–Kier alpha value is -0.220. The van der Waals surface area contributed by atoms with Gasteiger partial charge in [-0.2, -0.15) is 0 Å². The molecular weight excluding hydrogens is 162 g/mol. The number of hydrogen-bond acceptors (Lipinski definition) is 2. The molecule has 0 unspecified atom stereocenters. The molecule has 0 spiro atoms. The van der Waals surface area contributed by atoms with Gasteiger partial charge < -0.3 is 4.90 Å². The molecule has 0 aromatic rings. The standard InChI is InChI=1S/C8H16F2N2/c1-2-11-3-5-12(6-4-11)7-8(9)10/h8H,2-7H2,1H3. The Morgan fingerprint density at radius 3 is 2.00 bits per heavy atom. The molecule has 1 aliphatic rings. The minimum atomic E-state index is -2.18. The zero-order valence-electron chi connectivity index (χ0n) is 7.47. The molecule has 72 valence electrons. The summed E-state index contributed by atoms with van der Waals surface area (Å²) >= 11 is 0. The van der Waals surface area contributed by atoms with Crippen molar-refractivity contribution in [2.45, 2.75) is 13.3 Å². The third kappa shape index (κ3) is 3.03. The maximum absolute atomic E-state index is 11.9. The number of likely N-dealkylation sites (N-methyl/N-ethyl adjacent to an activating group) is 1. The summed E-state index contributed by atoms with van der Waals surface area (Å²) < 4.78 is 23.9. The molecule has 0 aromatic heterocycles. The highest BCUT2D eigenvalue weighted by Crippen LogP contribution is 2.03. The Morgan fingerprint density at radius 1 is 1.08 bits per heavy atom. The summed E-state index contributed by atoms with van der Waals surface area (Å²) in [6.07, 6.45) is -2.18. The lowest BCUT2D eigenvalue weighted by molar-refractivity contribution is 0.0577. The van der Waals surface area contributed by atoms with Gasteiger partial charge >= 0.3 is 0 Å². The molecule has 0 N–H and O–H groups in total. The van der Waals surface area contributed by atoms with Crippen molar-refractivity contribution < 1.29 is 8.78 Å². The molecule has 0 bridgehead atoms. The van der Waals surface area contributed by atoms with E-state index in [4.69, 9.17) is 0 Å². The molecule has 4 heteroatoms. The van der Waals surface area contributed by atoms with Crippen LogP contribution in [-0.2, 0) is 0 Å². The fourth-order valence-electron chi connectivity index (χ4n) is 1.48. The Balaban J connectivity index is 2.17. The van der Waals surface area contributed by atoms with Gasteiger partial charge in [-0.3, -0.25) is 4.90 Å². The number of halogens is 2. The monoisotopic (exact) mass is 178 g/mol. The molecule has 1 heterocycles. The van der Waals surface area contributed by atoms with Crippen LogP contribution in [0.2, 0.25) is 0 Å². The highest BCUT2D eigenvalue weighted by Gasteiger charge is 2.17. The summed E-state index contributed by atoms with van der Waals surface area (Å²) in [5.41, 5.74) is 0. The lowest BCUT2D eigenvalue weighted by atomic mass is 10.3. The Labute approximate surface area is 72.1 Å². The lowest BCUT2D eigenvalue weighted by Gasteiger charge is -2.33. The first-order valence-electron chi connectivity index (χ1n) is 4.45. The number of piperazine rings is 1. The van der Waals surface area contributed by atoms with E-state index in [1.807, 2.05) is 4.90 Å². The van der Waals surface area contributed by atoms with Gasteiger partial charge in [0.25, 0.3) is 6.43 Å². The van der Waals surface area contributed by atoms with Gasteiger partial charge in [-0.15, -0.1) is 0 Å². The molecule has 1 fully saturated rings. The van der Waals surface area contributed by atoms with Gasteiger partial charge in [0, 0.05) is 26.2 Å². The van der Waals surface area contributed by atoms with Crippen molar-refractivity contribution in [2.24, 2.45) is 0 Å². The van der Waals surface area contributed by atoms with Gasteiger partial charge in [0.1, 0.15) is 0 Å². The first-order valence-corrected chi connectivity index (χ1v) is 4.45. The fraction of sp³-hybridized carbons (Fsp3) is 1.00. The van der Waals surface area contributed by atoms with E-state index in [2.05, 4.69) is 11.8 Å². The van der Waals surface area contributed by atoms with E-state index >= 15 is 0 Å². The first kappa shape index (κ1) is 9.86. The summed E-state index contributed by atoms with van der Waals surface area (Å²) in [5.74, 6) is 0. The van der Waals surface area contributed by atoms with Crippen molar-refractivity contribution in [3.63, 3.8) is 0 Å². The molecule has 0 amide bonds. The molecule has 1 rings (SSSR count). The Kier molecular flexibility index (Phi) is 3.88. The smallest absolute Gasteiger partial charge is 0.251 e. The van der Waals surface area contributed by atoms with Crippen molar-refractivity contribution in [3.05, 3.63) is 0 Å². The third-order valence-electron chi connectivity index (χ3n) is 2.31. The average molecular weight is 178 g/mol. The molecule has 0 saturated carbocycles. The SMILES string of the molecule is CCN1CCN(CC(F)F)CC1. The number of alkyl halides is 2. The van der Waals surface area contributed by atoms with Crippen LogP contribution in [0.4, 0.5) is 8.78 Å². The number of hydrogen-bond donors (Lipinski definition) is 0. The first-order chi connectivity index (χ1) is 5.72. The highest BCUT2D eigenvalue weighted by atomic mass is 19.3. The van der Waals surface area contributed by atoms with Crippen LogP contribution in [0.15, 0.2) is 0 Å². The van der Waals surface area contributed by atoms with Gasteiger partial charge in [0.05, 0.1) is 6.54 Å². The van der Waals surface area contributed by atoms with Crippen molar-refractivity contribution in [1.82, 2.24) is 9.80 Å². The normalized spacial score (nSPS) is 22.0. The molecule has 2 nitrogen and oxygen atoms in total. The Morgan fingerprint density at radius 2 is 1.58 bits per heavy atom. The van der Waals surface area contributed by atoms with E-state index < -0.39 is 6.43 Å². The third-order valence-corrected chi connectivity index (χ3v) is 2.31. The largest absolute Gasteiger partial charge is 0.301 e. The molecule has 0 aromatic carbocycles. The van der Waals surface area contributed by atoms with E-state index in [-0.39, 0.29) is 6.54 Å². The topological polar surface area (TPSA) is 6.48 Å². The van der Waals surface area contributed by atoms with Gasteiger partial charge in [0.2, 0.25) is 0 Å². The van der Waals surface area contributed by atoms with E-state index in [1.165, 1.54) is 0 Å². The van der Waals surface area contributed by atoms with Crippen LogP contribution in [0.3, 0.4) is 0 Å². The van der Waals surface area contributed by atoms with Crippen LogP contribution in [0.5, 0.6) is 0 Å². The van der Waals surface area contributed by atoms with Crippen LogP contribution in [0.25, 0.3) is 0 Å². The summed E-state index contributed by atoms with van der Waals surface area (Å²) in [7, 11) is 0. The maximum atomic E-state index is 11.9. The maximum Gasteiger partial charge on any atom is 0.251 e. The molecule has 1 aliphatic heterocycles.